The Morgan fingerprint density at radius 1 is 1.38 bits per heavy atom. The van der Waals surface area contributed by atoms with Crippen LogP contribution in [0.4, 0.5) is 4.39 Å². The zero-order valence-electron chi connectivity index (χ0n) is 14.0. The van der Waals surface area contributed by atoms with Gasteiger partial charge in [0, 0.05) is 13.0 Å². The van der Waals surface area contributed by atoms with Crippen LogP contribution in [0.5, 0.6) is 0 Å². The molecule has 1 aromatic rings. The summed E-state index contributed by atoms with van der Waals surface area (Å²) in [5.74, 6) is -0.144. The van der Waals surface area contributed by atoms with Gasteiger partial charge in [-0.05, 0) is 24.8 Å². The fraction of sp³-hybridized carbons (Fsp3) is 0.611. The number of nitrogens with one attached hydrogen (secondary N) is 2. The number of aryl methyl sites for hydroxylation is 1. The molecule has 6 heteroatoms. The smallest absolute Gasteiger partial charge is 0.219 e. The Balaban J connectivity index is 2.03. The minimum absolute atomic E-state index is 0.144. The Labute approximate surface area is 142 Å². The molecule has 0 spiro atoms. The van der Waals surface area contributed by atoms with E-state index in [0.717, 1.165) is 12.8 Å². The number of aliphatic hydroxyl groups is 2. The van der Waals surface area contributed by atoms with E-state index >= 15 is 0 Å². The van der Waals surface area contributed by atoms with Gasteiger partial charge in [-0.3, -0.25) is 10.1 Å². The van der Waals surface area contributed by atoms with E-state index in [4.69, 9.17) is 0 Å². The summed E-state index contributed by atoms with van der Waals surface area (Å²) in [5.41, 5.74) is 0.222. The van der Waals surface area contributed by atoms with Gasteiger partial charge in [-0.2, -0.15) is 0 Å². The summed E-state index contributed by atoms with van der Waals surface area (Å²) in [4.78, 5) is 11.6. The van der Waals surface area contributed by atoms with E-state index in [0.29, 0.717) is 12.8 Å². The first-order valence-corrected chi connectivity index (χ1v) is 8.53. The minimum atomic E-state index is -1.55. The third-order valence-electron chi connectivity index (χ3n) is 4.78. The number of halogens is 1. The third-order valence-corrected chi connectivity index (χ3v) is 4.78. The van der Waals surface area contributed by atoms with Crippen LogP contribution in [0, 0.1) is 0 Å². The summed E-state index contributed by atoms with van der Waals surface area (Å²) in [6, 6.07) is 9.13. The lowest BCUT2D eigenvalue weighted by atomic mass is 9.87. The maximum atomic E-state index is 14.2. The number of aliphatic hydroxyl groups excluding tert-OH is 2. The number of benzene rings is 1. The van der Waals surface area contributed by atoms with Crippen LogP contribution in [0.15, 0.2) is 30.3 Å². The van der Waals surface area contributed by atoms with Gasteiger partial charge in [-0.15, -0.1) is 0 Å². The molecule has 0 bridgehead atoms. The van der Waals surface area contributed by atoms with Crippen LogP contribution < -0.4 is 10.6 Å². The molecule has 4 atom stereocenters. The van der Waals surface area contributed by atoms with Crippen LogP contribution in [-0.4, -0.2) is 53.1 Å². The highest BCUT2D eigenvalue weighted by molar-refractivity contribution is 5.75. The van der Waals surface area contributed by atoms with Gasteiger partial charge in [-0.1, -0.05) is 37.3 Å². The van der Waals surface area contributed by atoms with Gasteiger partial charge in [0.25, 0.3) is 0 Å². The molecule has 1 aromatic carbocycles. The first kappa shape index (κ1) is 18.8. The normalized spacial score (nSPS) is 29.6. The molecule has 1 aliphatic heterocycles. The number of hydrogen-bond donors (Lipinski definition) is 4. The van der Waals surface area contributed by atoms with Crippen LogP contribution in [0.3, 0.4) is 0 Å². The first-order chi connectivity index (χ1) is 11.5. The van der Waals surface area contributed by atoms with Gasteiger partial charge in [0.2, 0.25) is 5.91 Å². The zero-order valence-corrected chi connectivity index (χ0v) is 14.0. The molecule has 134 valence electrons. The molecule has 0 aromatic heterocycles. The average molecular weight is 338 g/mol. The van der Waals surface area contributed by atoms with Crippen molar-refractivity contribution in [2.75, 3.05) is 13.2 Å². The second-order valence-corrected chi connectivity index (χ2v) is 6.45. The van der Waals surface area contributed by atoms with Gasteiger partial charge in [0.1, 0.15) is 12.3 Å². The summed E-state index contributed by atoms with van der Waals surface area (Å²) < 4.78 is 14.2. The van der Waals surface area contributed by atoms with Crippen molar-refractivity contribution >= 4 is 5.91 Å². The molecule has 1 saturated heterocycles. The van der Waals surface area contributed by atoms with Crippen LogP contribution in [0.25, 0.3) is 0 Å². The van der Waals surface area contributed by atoms with Gasteiger partial charge in [0.05, 0.1) is 18.2 Å². The molecule has 0 unspecified atom stereocenters. The van der Waals surface area contributed by atoms with Crippen molar-refractivity contribution in [2.45, 2.75) is 56.5 Å². The number of alkyl halides is 1. The summed E-state index contributed by atoms with van der Waals surface area (Å²) in [5, 5.41) is 25.5. The molecule has 0 aliphatic carbocycles. The largest absolute Gasteiger partial charge is 0.395 e. The summed E-state index contributed by atoms with van der Waals surface area (Å²) >= 11 is 0. The average Bonchev–Trinajstić information content (AvgIpc) is 2.85. The van der Waals surface area contributed by atoms with Crippen molar-refractivity contribution in [3.05, 3.63) is 35.9 Å². The molecule has 2 rings (SSSR count). The maximum Gasteiger partial charge on any atom is 0.219 e. The lowest BCUT2D eigenvalue weighted by Crippen LogP contribution is -2.57. The van der Waals surface area contributed by atoms with E-state index in [2.05, 4.69) is 10.6 Å². The Kier molecular flexibility index (Phi) is 6.71. The van der Waals surface area contributed by atoms with E-state index in [-0.39, 0.29) is 19.1 Å². The molecule has 1 aliphatic rings. The van der Waals surface area contributed by atoms with Gasteiger partial charge in [-0.25, -0.2) is 4.39 Å². The van der Waals surface area contributed by atoms with E-state index in [9.17, 15) is 19.4 Å². The van der Waals surface area contributed by atoms with Gasteiger partial charge < -0.3 is 15.5 Å². The predicted molar refractivity (Wildman–Crippen MR) is 90.3 cm³/mol. The molecule has 5 nitrogen and oxygen atoms in total. The van der Waals surface area contributed by atoms with Crippen molar-refractivity contribution in [1.82, 2.24) is 10.6 Å². The second kappa shape index (κ2) is 8.55. The Hall–Kier alpha value is -1.50. The molecule has 0 saturated carbocycles. The zero-order chi connectivity index (χ0) is 17.6. The van der Waals surface area contributed by atoms with E-state index in [1.54, 1.807) is 6.92 Å². The molecular weight excluding hydrogens is 311 g/mol. The third kappa shape index (κ3) is 4.32. The Morgan fingerprint density at radius 2 is 2.08 bits per heavy atom. The van der Waals surface area contributed by atoms with Gasteiger partial charge >= 0.3 is 0 Å². The molecule has 0 radical (unpaired) electrons. The van der Waals surface area contributed by atoms with Crippen LogP contribution in [-0.2, 0) is 11.2 Å². The van der Waals surface area contributed by atoms with Crippen molar-refractivity contribution < 1.29 is 19.4 Å². The Morgan fingerprint density at radius 3 is 2.67 bits per heavy atom. The summed E-state index contributed by atoms with van der Waals surface area (Å²) in [6.45, 7) is 1.50. The maximum absolute atomic E-state index is 14.2. The highest BCUT2D eigenvalue weighted by Crippen LogP contribution is 2.31. The molecule has 1 heterocycles. The number of rotatable bonds is 8. The fourth-order valence-electron chi connectivity index (χ4n) is 3.30. The second-order valence-electron chi connectivity index (χ2n) is 6.45. The van der Waals surface area contributed by atoms with E-state index in [1.165, 1.54) is 5.56 Å². The van der Waals surface area contributed by atoms with Crippen molar-refractivity contribution in [1.29, 1.82) is 0 Å². The monoisotopic (exact) mass is 338 g/mol. The highest BCUT2D eigenvalue weighted by atomic mass is 19.1. The molecule has 1 fully saturated rings. The number of carbonyl (C=O) groups excluding carboxylic acids is 1. The van der Waals surface area contributed by atoms with Crippen molar-refractivity contribution in [2.24, 2.45) is 0 Å². The standard InChI is InChI=1S/C18H27FN2O3/c1-2-15(23)20-12-18(17(24)16(19)14(11-22)21-18)10-6-9-13-7-4-3-5-8-13/h3-5,7-8,14,16-17,21-22,24H,2,6,9-12H2,1H3,(H,20,23)/t14-,16-,17+,18-/m1/s1. The number of amides is 1. The topological polar surface area (TPSA) is 81.6 Å². The lowest BCUT2D eigenvalue weighted by Gasteiger charge is -2.33. The Bertz CT molecular complexity index is 528. The quantitative estimate of drug-likeness (QED) is 0.569. The number of hydrogen-bond acceptors (Lipinski definition) is 4. The highest BCUT2D eigenvalue weighted by Gasteiger charge is 2.52. The van der Waals surface area contributed by atoms with Crippen molar-refractivity contribution in [3.63, 3.8) is 0 Å². The van der Waals surface area contributed by atoms with Gasteiger partial charge in [0.15, 0.2) is 0 Å². The molecule has 1 amide bonds. The predicted octanol–water partition coefficient (Wildman–Crippen LogP) is 0.937. The minimum Gasteiger partial charge on any atom is -0.395 e. The molecular formula is C18H27FN2O3. The van der Waals surface area contributed by atoms with Crippen molar-refractivity contribution in [3.8, 4) is 0 Å². The molecule has 24 heavy (non-hydrogen) atoms. The summed E-state index contributed by atoms with van der Waals surface area (Å²) in [7, 11) is 0. The van der Waals surface area contributed by atoms with Crippen LogP contribution in [0.1, 0.15) is 31.7 Å². The number of carbonyl (C=O) groups is 1. The fourth-order valence-corrected chi connectivity index (χ4v) is 3.30. The van der Waals surface area contributed by atoms with Crippen LogP contribution in [0.2, 0.25) is 0 Å². The van der Waals surface area contributed by atoms with E-state index in [1.807, 2.05) is 30.3 Å². The lowest BCUT2D eigenvalue weighted by molar-refractivity contribution is -0.121. The summed E-state index contributed by atoms with van der Waals surface area (Å²) in [6.07, 6.45) is -0.434. The molecule has 4 N–H and O–H groups in total. The SMILES string of the molecule is CCC(=O)NC[C@@]1(CCCc2ccccc2)N[C@H](CO)[C@@H](F)[C@@H]1O. The first-order valence-electron chi connectivity index (χ1n) is 8.53. The van der Waals surface area contributed by atoms with E-state index < -0.39 is 23.9 Å². The van der Waals surface area contributed by atoms with Crippen LogP contribution >= 0.6 is 0 Å².